The van der Waals surface area contributed by atoms with Gasteiger partial charge < -0.3 is 20.1 Å². The van der Waals surface area contributed by atoms with Crippen LogP contribution in [0.1, 0.15) is 33.1 Å². The molecule has 1 rings (SSSR count). The first-order valence-electron chi connectivity index (χ1n) is 8.10. The molecule has 126 valence electrons. The van der Waals surface area contributed by atoms with Crippen molar-refractivity contribution in [3.8, 4) is 0 Å². The third-order valence-corrected chi connectivity index (χ3v) is 4.03. The van der Waals surface area contributed by atoms with Gasteiger partial charge in [0, 0.05) is 13.7 Å². The molecule has 0 amide bonds. The van der Waals surface area contributed by atoms with E-state index in [2.05, 4.69) is 32.4 Å². The standard InChI is InChI=1S/C18H32N2O2/c1-14(8-9-20(4)10-11-21-5)16(3)15(2)12-17(19)13-22-18-6-7-18/h12-14,18H,3,6-11,19H2,1-2,4-5H3/b15-12-,17-13-. The minimum atomic E-state index is 0.386. The maximum absolute atomic E-state index is 5.96. The Labute approximate surface area is 135 Å². The molecule has 4 nitrogen and oxygen atoms in total. The summed E-state index contributed by atoms with van der Waals surface area (Å²) < 4.78 is 10.6. The molecular formula is C18H32N2O2. The summed E-state index contributed by atoms with van der Waals surface area (Å²) in [5.41, 5.74) is 8.89. The highest BCUT2D eigenvalue weighted by molar-refractivity contribution is 5.33. The molecule has 1 saturated carbocycles. The van der Waals surface area contributed by atoms with E-state index >= 15 is 0 Å². The molecule has 1 aliphatic rings. The molecule has 2 N–H and O–H groups in total. The number of ether oxygens (including phenoxy) is 2. The Bertz CT molecular complexity index is 411. The highest BCUT2D eigenvalue weighted by atomic mass is 16.5. The Hall–Kier alpha value is -1.26. The van der Waals surface area contributed by atoms with Crippen LogP contribution in [0.5, 0.6) is 0 Å². The van der Waals surface area contributed by atoms with Crippen molar-refractivity contribution in [3.05, 3.63) is 35.8 Å². The summed E-state index contributed by atoms with van der Waals surface area (Å²) in [5.74, 6) is 0.429. The Morgan fingerprint density at radius 3 is 2.68 bits per heavy atom. The van der Waals surface area contributed by atoms with Gasteiger partial charge in [0.05, 0.1) is 18.4 Å². The molecule has 4 heteroatoms. The molecule has 0 aromatic carbocycles. The fourth-order valence-corrected chi connectivity index (χ4v) is 2.09. The van der Waals surface area contributed by atoms with Crippen LogP contribution < -0.4 is 5.73 Å². The lowest BCUT2D eigenvalue weighted by Gasteiger charge is -2.20. The summed E-state index contributed by atoms with van der Waals surface area (Å²) in [6, 6.07) is 0. The fraction of sp³-hybridized carbons (Fsp3) is 0.667. The van der Waals surface area contributed by atoms with Crippen molar-refractivity contribution in [1.82, 2.24) is 4.90 Å². The monoisotopic (exact) mass is 308 g/mol. The van der Waals surface area contributed by atoms with Crippen LogP contribution in [0.4, 0.5) is 0 Å². The molecule has 1 fully saturated rings. The first-order valence-corrected chi connectivity index (χ1v) is 8.10. The van der Waals surface area contributed by atoms with Gasteiger partial charge in [0.25, 0.3) is 0 Å². The topological polar surface area (TPSA) is 47.7 Å². The molecule has 1 unspecified atom stereocenters. The second-order valence-electron chi connectivity index (χ2n) is 6.29. The van der Waals surface area contributed by atoms with Crippen molar-refractivity contribution in [2.45, 2.75) is 39.2 Å². The van der Waals surface area contributed by atoms with Crippen LogP contribution in [0.3, 0.4) is 0 Å². The third kappa shape index (κ3) is 7.66. The Balaban J connectivity index is 2.38. The fourth-order valence-electron chi connectivity index (χ4n) is 2.09. The number of rotatable bonds is 11. The molecule has 0 radical (unpaired) electrons. The van der Waals surface area contributed by atoms with Gasteiger partial charge in [0.15, 0.2) is 0 Å². The number of methoxy groups -OCH3 is 1. The van der Waals surface area contributed by atoms with Gasteiger partial charge in [-0.2, -0.15) is 0 Å². The summed E-state index contributed by atoms with van der Waals surface area (Å²) in [6.07, 6.45) is 7.37. The lowest BCUT2D eigenvalue weighted by molar-refractivity contribution is 0.159. The van der Waals surface area contributed by atoms with E-state index < -0.39 is 0 Å². The second kappa shape index (κ2) is 9.70. The minimum absolute atomic E-state index is 0.386. The number of hydrogen-bond acceptors (Lipinski definition) is 4. The predicted molar refractivity (Wildman–Crippen MR) is 92.4 cm³/mol. The van der Waals surface area contributed by atoms with Gasteiger partial charge in [-0.1, -0.05) is 13.5 Å². The van der Waals surface area contributed by atoms with Crippen molar-refractivity contribution in [2.75, 3.05) is 33.9 Å². The van der Waals surface area contributed by atoms with Crippen LogP contribution in [0.2, 0.25) is 0 Å². The van der Waals surface area contributed by atoms with Crippen LogP contribution in [0.15, 0.2) is 35.8 Å². The first-order chi connectivity index (χ1) is 10.4. The van der Waals surface area contributed by atoms with E-state index in [1.165, 1.54) is 0 Å². The number of likely N-dealkylation sites (N-methyl/N-ethyl adjacent to an activating group) is 1. The second-order valence-corrected chi connectivity index (χ2v) is 6.29. The predicted octanol–water partition coefficient (Wildman–Crippen LogP) is 3.07. The molecule has 0 bridgehead atoms. The summed E-state index contributed by atoms with van der Waals surface area (Å²) in [5, 5.41) is 0. The van der Waals surface area contributed by atoms with Crippen LogP contribution in [-0.4, -0.2) is 44.9 Å². The van der Waals surface area contributed by atoms with Crippen LogP contribution in [0.25, 0.3) is 0 Å². The molecule has 0 spiro atoms. The molecule has 0 aliphatic heterocycles. The van der Waals surface area contributed by atoms with E-state index in [1.54, 1.807) is 13.4 Å². The van der Waals surface area contributed by atoms with Gasteiger partial charge in [-0.05, 0) is 62.9 Å². The first kappa shape index (κ1) is 18.8. The van der Waals surface area contributed by atoms with Crippen molar-refractivity contribution in [1.29, 1.82) is 0 Å². The van der Waals surface area contributed by atoms with Crippen molar-refractivity contribution < 1.29 is 9.47 Å². The lowest BCUT2D eigenvalue weighted by Crippen LogP contribution is -2.25. The van der Waals surface area contributed by atoms with Crippen molar-refractivity contribution in [2.24, 2.45) is 11.7 Å². The van der Waals surface area contributed by atoms with Gasteiger partial charge in [0.1, 0.15) is 6.26 Å². The zero-order chi connectivity index (χ0) is 16.5. The van der Waals surface area contributed by atoms with Crippen LogP contribution >= 0.6 is 0 Å². The van der Waals surface area contributed by atoms with E-state index in [0.717, 1.165) is 50.1 Å². The molecular weight excluding hydrogens is 276 g/mol. The molecule has 1 aliphatic carbocycles. The van der Waals surface area contributed by atoms with Gasteiger partial charge in [0.2, 0.25) is 0 Å². The van der Waals surface area contributed by atoms with E-state index in [-0.39, 0.29) is 0 Å². The van der Waals surface area contributed by atoms with Crippen molar-refractivity contribution in [3.63, 3.8) is 0 Å². The van der Waals surface area contributed by atoms with Gasteiger partial charge in [-0.15, -0.1) is 0 Å². The Morgan fingerprint density at radius 1 is 1.41 bits per heavy atom. The summed E-state index contributed by atoms with van der Waals surface area (Å²) in [4.78, 5) is 2.28. The van der Waals surface area contributed by atoms with E-state index in [1.807, 2.05) is 6.08 Å². The average molecular weight is 308 g/mol. The summed E-state index contributed by atoms with van der Waals surface area (Å²) in [6.45, 7) is 11.3. The Kier molecular flexibility index (Phi) is 8.28. The zero-order valence-corrected chi connectivity index (χ0v) is 14.6. The normalized spacial score (nSPS) is 17.7. The zero-order valence-electron chi connectivity index (χ0n) is 14.6. The minimum Gasteiger partial charge on any atom is -0.496 e. The van der Waals surface area contributed by atoms with Crippen LogP contribution in [-0.2, 0) is 9.47 Å². The maximum Gasteiger partial charge on any atom is 0.106 e. The highest BCUT2D eigenvalue weighted by Crippen LogP contribution is 2.24. The average Bonchev–Trinajstić information content (AvgIpc) is 3.31. The Morgan fingerprint density at radius 2 is 2.09 bits per heavy atom. The number of allylic oxidation sites excluding steroid dienone is 3. The van der Waals surface area contributed by atoms with Gasteiger partial charge in [-0.25, -0.2) is 0 Å². The SMILES string of the molecule is C=C(/C(C)=C\C(N)=C\OC1CC1)C(C)CCN(C)CCOC. The highest BCUT2D eigenvalue weighted by Gasteiger charge is 2.21. The van der Waals surface area contributed by atoms with Crippen molar-refractivity contribution >= 4 is 0 Å². The van der Waals surface area contributed by atoms with E-state index in [0.29, 0.717) is 17.7 Å². The maximum atomic E-state index is 5.96. The number of nitrogens with zero attached hydrogens (tertiary/aromatic N) is 1. The summed E-state index contributed by atoms with van der Waals surface area (Å²) >= 11 is 0. The molecule has 0 saturated heterocycles. The third-order valence-electron chi connectivity index (χ3n) is 4.03. The molecule has 22 heavy (non-hydrogen) atoms. The molecule has 1 atom stereocenters. The molecule has 0 aromatic heterocycles. The van der Waals surface area contributed by atoms with E-state index in [4.69, 9.17) is 15.2 Å². The van der Waals surface area contributed by atoms with Crippen LogP contribution in [0, 0.1) is 5.92 Å². The van der Waals surface area contributed by atoms with Gasteiger partial charge in [-0.3, -0.25) is 0 Å². The molecule has 0 heterocycles. The lowest BCUT2D eigenvalue weighted by atomic mass is 9.93. The quantitative estimate of drug-likeness (QED) is 0.471. The number of hydrogen-bond donors (Lipinski definition) is 1. The molecule has 0 aromatic rings. The summed E-state index contributed by atoms with van der Waals surface area (Å²) in [7, 11) is 3.85. The van der Waals surface area contributed by atoms with E-state index in [9.17, 15) is 0 Å². The largest absolute Gasteiger partial charge is 0.496 e. The van der Waals surface area contributed by atoms with Gasteiger partial charge >= 0.3 is 0 Å². The number of nitrogens with two attached hydrogens (primary N) is 1. The smallest absolute Gasteiger partial charge is 0.106 e.